The van der Waals surface area contributed by atoms with Gasteiger partial charge >= 0.3 is 0 Å². The van der Waals surface area contributed by atoms with Gasteiger partial charge in [0, 0.05) is 12.1 Å². The van der Waals surface area contributed by atoms with Gasteiger partial charge in [-0.15, -0.1) is 0 Å². The molecule has 0 amide bonds. The minimum atomic E-state index is -0.543. The number of nitrogens with one attached hydrogen (secondary N) is 1. The fourth-order valence-electron chi connectivity index (χ4n) is 2.46. The van der Waals surface area contributed by atoms with E-state index in [1.807, 2.05) is 6.92 Å². The topological polar surface area (TPSA) is 55.7 Å². The Morgan fingerprint density at radius 1 is 1.38 bits per heavy atom. The quantitative estimate of drug-likeness (QED) is 0.631. The Bertz CT molecular complexity index is 207. The van der Waals surface area contributed by atoms with Crippen molar-refractivity contribution < 1.29 is 10.2 Å². The first-order valence-corrected chi connectivity index (χ1v) is 6.28. The summed E-state index contributed by atoms with van der Waals surface area (Å²) in [5.41, 5.74) is -0.543. The average Bonchev–Trinajstić information content (AvgIpc) is 2.29. The van der Waals surface area contributed by atoms with Crippen LogP contribution in [0.15, 0.2) is 0 Å². The average molecular weight is 230 g/mol. The van der Waals surface area contributed by atoms with E-state index in [0.29, 0.717) is 12.1 Å². The van der Waals surface area contributed by atoms with Crippen molar-refractivity contribution in [3.05, 3.63) is 0 Å². The van der Waals surface area contributed by atoms with Crippen molar-refractivity contribution in [2.75, 3.05) is 26.3 Å². The van der Waals surface area contributed by atoms with Crippen molar-refractivity contribution in [3.63, 3.8) is 0 Å². The lowest BCUT2D eigenvalue weighted by Crippen LogP contribution is -2.57. The van der Waals surface area contributed by atoms with Gasteiger partial charge in [0.05, 0.1) is 18.8 Å². The fourth-order valence-corrected chi connectivity index (χ4v) is 2.46. The van der Waals surface area contributed by atoms with Crippen LogP contribution in [0.5, 0.6) is 0 Å². The van der Waals surface area contributed by atoms with E-state index >= 15 is 0 Å². The van der Waals surface area contributed by atoms with Crippen LogP contribution in [0, 0.1) is 0 Å². The smallest absolute Gasteiger partial charge is 0.0633 e. The molecule has 4 heteroatoms. The van der Waals surface area contributed by atoms with E-state index in [1.54, 1.807) is 0 Å². The molecule has 1 aliphatic heterocycles. The molecule has 3 N–H and O–H groups in total. The molecule has 2 atom stereocenters. The van der Waals surface area contributed by atoms with Crippen LogP contribution in [0.25, 0.3) is 0 Å². The molecule has 0 aromatic carbocycles. The van der Waals surface area contributed by atoms with E-state index in [2.05, 4.69) is 24.1 Å². The van der Waals surface area contributed by atoms with Gasteiger partial charge in [-0.05, 0) is 39.8 Å². The summed E-state index contributed by atoms with van der Waals surface area (Å²) in [4.78, 5) is 2.47. The third-order valence-electron chi connectivity index (χ3n) is 3.67. The molecule has 4 nitrogen and oxygen atoms in total. The third-order valence-corrected chi connectivity index (χ3v) is 3.67. The lowest BCUT2D eigenvalue weighted by molar-refractivity contribution is 0.0692. The van der Waals surface area contributed by atoms with Gasteiger partial charge in [0.25, 0.3) is 0 Å². The lowest BCUT2D eigenvalue weighted by Gasteiger charge is -2.41. The van der Waals surface area contributed by atoms with Gasteiger partial charge in [0.1, 0.15) is 0 Å². The second-order valence-electron chi connectivity index (χ2n) is 5.22. The van der Waals surface area contributed by atoms with Crippen molar-refractivity contribution in [2.24, 2.45) is 0 Å². The van der Waals surface area contributed by atoms with E-state index in [0.717, 1.165) is 25.9 Å². The number of rotatable bonds is 5. The molecule has 0 radical (unpaired) electrons. The Kier molecular flexibility index (Phi) is 5.18. The number of aliphatic hydroxyl groups excluding tert-OH is 2. The molecule has 16 heavy (non-hydrogen) atoms. The molecule has 1 fully saturated rings. The normalized spacial score (nSPS) is 28.3. The zero-order valence-corrected chi connectivity index (χ0v) is 10.7. The van der Waals surface area contributed by atoms with Gasteiger partial charge in [0.2, 0.25) is 0 Å². The summed E-state index contributed by atoms with van der Waals surface area (Å²) in [6.45, 7) is 8.46. The Balaban J connectivity index is 2.46. The minimum absolute atomic E-state index is 0.0220. The largest absolute Gasteiger partial charge is 0.394 e. The van der Waals surface area contributed by atoms with Crippen molar-refractivity contribution in [2.45, 2.75) is 51.2 Å². The number of likely N-dealkylation sites (tertiary alicyclic amines) is 1. The predicted octanol–water partition coefficient (Wildman–Crippen LogP) is 0.192. The standard InChI is InChI=1S/C12H26N2O2/c1-4-14-6-5-11(7-10(14)2)13-12(3,8-15)9-16/h10-11,13,15-16H,4-9H2,1-3H3. The fraction of sp³-hybridized carbons (Fsp3) is 1.00. The van der Waals surface area contributed by atoms with Crippen molar-refractivity contribution in [3.8, 4) is 0 Å². The molecule has 96 valence electrons. The number of nitrogens with zero attached hydrogens (tertiary/aromatic N) is 1. The first-order chi connectivity index (χ1) is 7.54. The predicted molar refractivity (Wildman–Crippen MR) is 65.4 cm³/mol. The van der Waals surface area contributed by atoms with Crippen molar-refractivity contribution in [1.29, 1.82) is 0 Å². The maximum atomic E-state index is 9.25. The first kappa shape index (κ1) is 13.9. The number of piperidine rings is 1. The molecule has 2 unspecified atom stereocenters. The summed E-state index contributed by atoms with van der Waals surface area (Å²) < 4.78 is 0. The van der Waals surface area contributed by atoms with E-state index < -0.39 is 5.54 Å². The number of hydrogen-bond acceptors (Lipinski definition) is 4. The highest BCUT2D eigenvalue weighted by atomic mass is 16.3. The van der Waals surface area contributed by atoms with Gasteiger partial charge in [-0.25, -0.2) is 0 Å². The zero-order valence-electron chi connectivity index (χ0n) is 10.7. The Hall–Kier alpha value is -0.160. The van der Waals surface area contributed by atoms with Crippen LogP contribution in [0.1, 0.15) is 33.6 Å². The molecule has 1 rings (SSSR count). The van der Waals surface area contributed by atoms with Crippen LogP contribution in [0.3, 0.4) is 0 Å². The van der Waals surface area contributed by atoms with E-state index in [-0.39, 0.29) is 13.2 Å². The maximum absolute atomic E-state index is 9.25. The first-order valence-electron chi connectivity index (χ1n) is 6.28. The van der Waals surface area contributed by atoms with Crippen LogP contribution in [-0.4, -0.2) is 59.0 Å². The highest BCUT2D eigenvalue weighted by molar-refractivity contribution is 4.90. The van der Waals surface area contributed by atoms with Gasteiger partial charge in [-0.1, -0.05) is 6.92 Å². The van der Waals surface area contributed by atoms with Crippen LogP contribution in [0.4, 0.5) is 0 Å². The Morgan fingerprint density at radius 2 is 2.00 bits per heavy atom. The van der Waals surface area contributed by atoms with Crippen LogP contribution >= 0.6 is 0 Å². The molecule has 0 spiro atoms. The molecule has 0 bridgehead atoms. The lowest BCUT2D eigenvalue weighted by atomic mass is 9.94. The number of aliphatic hydroxyl groups is 2. The van der Waals surface area contributed by atoms with Crippen molar-refractivity contribution >= 4 is 0 Å². The molecular formula is C12H26N2O2. The monoisotopic (exact) mass is 230 g/mol. The summed E-state index contributed by atoms with van der Waals surface area (Å²) in [6.07, 6.45) is 2.18. The van der Waals surface area contributed by atoms with Crippen LogP contribution in [-0.2, 0) is 0 Å². The van der Waals surface area contributed by atoms with Crippen LogP contribution in [0.2, 0.25) is 0 Å². The second kappa shape index (κ2) is 5.96. The van der Waals surface area contributed by atoms with Gasteiger partial charge in [-0.2, -0.15) is 0 Å². The molecule has 1 heterocycles. The minimum Gasteiger partial charge on any atom is -0.394 e. The van der Waals surface area contributed by atoms with E-state index in [4.69, 9.17) is 0 Å². The maximum Gasteiger partial charge on any atom is 0.0633 e. The Labute approximate surface area is 98.6 Å². The molecule has 0 saturated carbocycles. The van der Waals surface area contributed by atoms with Gasteiger partial charge in [0.15, 0.2) is 0 Å². The summed E-state index contributed by atoms with van der Waals surface area (Å²) in [6, 6.07) is 0.986. The summed E-state index contributed by atoms with van der Waals surface area (Å²) in [5, 5.41) is 21.9. The highest BCUT2D eigenvalue weighted by Gasteiger charge is 2.30. The second-order valence-corrected chi connectivity index (χ2v) is 5.22. The van der Waals surface area contributed by atoms with E-state index in [9.17, 15) is 10.2 Å². The van der Waals surface area contributed by atoms with Gasteiger partial charge in [-0.3, -0.25) is 0 Å². The zero-order chi connectivity index (χ0) is 12.2. The summed E-state index contributed by atoms with van der Waals surface area (Å²) in [5.74, 6) is 0. The number of hydrogen-bond donors (Lipinski definition) is 3. The summed E-state index contributed by atoms with van der Waals surface area (Å²) in [7, 11) is 0. The molecular weight excluding hydrogens is 204 g/mol. The Morgan fingerprint density at radius 3 is 2.44 bits per heavy atom. The van der Waals surface area contributed by atoms with Crippen molar-refractivity contribution in [1.82, 2.24) is 10.2 Å². The molecule has 1 saturated heterocycles. The molecule has 0 aliphatic carbocycles. The van der Waals surface area contributed by atoms with Gasteiger partial charge < -0.3 is 20.4 Å². The highest BCUT2D eigenvalue weighted by Crippen LogP contribution is 2.19. The summed E-state index contributed by atoms with van der Waals surface area (Å²) >= 11 is 0. The molecule has 1 aliphatic rings. The molecule has 0 aromatic heterocycles. The van der Waals surface area contributed by atoms with E-state index in [1.165, 1.54) is 0 Å². The molecule has 0 aromatic rings. The third kappa shape index (κ3) is 3.42. The van der Waals surface area contributed by atoms with Crippen LogP contribution < -0.4 is 5.32 Å². The SMILES string of the molecule is CCN1CCC(NC(C)(CO)CO)CC1C.